The lowest BCUT2D eigenvalue weighted by Gasteiger charge is -2.39. The normalized spacial score (nSPS) is 26.4. The van der Waals surface area contributed by atoms with Gasteiger partial charge in [0, 0.05) is 35.8 Å². The van der Waals surface area contributed by atoms with E-state index in [1.54, 1.807) is 0 Å². The number of rotatable bonds is 3. The maximum atomic E-state index is 5.99. The SMILES string of the molecule is Cc1cc(C2CCN(C)C2)nc(C2(CN)CCC2)n1. The first kappa shape index (κ1) is 13.0. The van der Waals surface area contributed by atoms with Gasteiger partial charge in [0.25, 0.3) is 0 Å². The number of aryl methyl sites for hydroxylation is 1. The number of nitrogens with zero attached hydrogens (tertiary/aromatic N) is 3. The van der Waals surface area contributed by atoms with Gasteiger partial charge in [-0.3, -0.25) is 0 Å². The summed E-state index contributed by atoms with van der Waals surface area (Å²) < 4.78 is 0. The number of likely N-dealkylation sites (tertiary alicyclic amines) is 1. The first-order chi connectivity index (χ1) is 9.13. The van der Waals surface area contributed by atoms with E-state index in [0.29, 0.717) is 12.5 Å². The van der Waals surface area contributed by atoms with E-state index in [1.165, 1.54) is 25.1 Å². The zero-order valence-electron chi connectivity index (χ0n) is 12.0. The smallest absolute Gasteiger partial charge is 0.136 e. The van der Waals surface area contributed by atoms with Gasteiger partial charge >= 0.3 is 0 Å². The van der Waals surface area contributed by atoms with Crippen LogP contribution in [0.25, 0.3) is 0 Å². The molecule has 0 spiro atoms. The van der Waals surface area contributed by atoms with Gasteiger partial charge in [-0.25, -0.2) is 9.97 Å². The zero-order chi connectivity index (χ0) is 13.5. The van der Waals surface area contributed by atoms with Gasteiger partial charge in [-0.15, -0.1) is 0 Å². The molecule has 2 N–H and O–H groups in total. The number of hydrogen-bond donors (Lipinski definition) is 1. The summed E-state index contributed by atoms with van der Waals surface area (Å²) in [4.78, 5) is 12.0. The zero-order valence-corrected chi connectivity index (χ0v) is 12.0. The van der Waals surface area contributed by atoms with Crippen LogP contribution in [0.3, 0.4) is 0 Å². The van der Waals surface area contributed by atoms with Gasteiger partial charge in [0.1, 0.15) is 5.82 Å². The molecule has 1 saturated heterocycles. The highest BCUT2D eigenvalue weighted by Gasteiger charge is 2.40. The Morgan fingerprint density at radius 1 is 1.42 bits per heavy atom. The number of hydrogen-bond acceptors (Lipinski definition) is 4. The van der Waals surface area contributed by atoms with E-state index in [1.807, 2.05) is 0 Å². The van der Waals surface area contributed by atoms with E-state index < -0.39 is 0 Å². The van der Waals surface area contributed by atoms with E-state index in [0.717, 1.165) is 30.9 Å². The Kier molecular flexibility index (Phi) is 3.31. The number of likely N-dealkylation sites (N-methyl/N-ethyl adjacent to an activating group) is 1. The Morgan fingerprint density at radius 3 is 2.74 bits per heavy atom. The van der Waals surface area contributed by atoms with E-state index in [4.69, 9.17) is 10.7 Å². The quantitative estimate of drug-likeness (QED) is 0.896. The monoisotopic (exact) mass is 260 g/mol. The number of nitrogens with two attached hydrogens (primary N) is 1. The lowest BCUT2D eigenvalue weighted by Crippen LogP contribution is -2.43. The summed E-state index contributed by atoms with van der Waals surface area (Å²) in [6.07, 6.45) is 4.77. The molecule has 1 aliphatic heterocycles. The molecule has 4 nitrogen and oxygen atoms in total. The summed E-state index contributed by atoms with van der Waals surface area (Å²) in [5.74, 6) is 1.58. The average molecular weight is 260 g/mol. The van der Waals surface area contributed by atoms with Crippen molar-refractivity contribution in [3.8, 4) is 0 Å². The Morgan fingerprint density at radius 2 is 2.21 bits per heavy atom. The second-order valence-corrected chi connectivity index (χ2v) is 6.34. The van der Waals surface area contributed by atoms with Crippen molar-refractivity contribution in [1.29, 1.82) is 0 Å². The summed E-state index contributed by atoms with van der Waals surface area (Å²) in [6.45, 7) is 5.05. The summed E-state index contributed by atoms with van der Waals surface area (Å²) >= 11 is 0. The lowest BCUT2D eigenvalue weighted by molar-refractivity contribution is 0.236. The van der Waals surface area contributed by atoms with E-state index in [2.05, 4.69) is 29.9 Å². The van der Waals surface area contributed by atoms with Crippen molar-refractivity contribution in [3.05, 3.63) is 23.3 Å². The molecule has 1 unspecified atom stereocenters. The van der Waals surface area contributed by atoms with Crippen LogP contribution in [0.2, 0.25) is 0 Å². The van der Waals surface area contributed by atoms with Crippen molar-refractivity contribution in [2.45, 2.75) is 43.9 Å². The van der Waals surface area contributed by atoms with Crippen LogP contribution >= 0.6 is 0 Å². The molecule has 2 fully saturated rings. The summed E-state index contributed by atoms with van der Waals surface area (Å²) in [5.41, 5.74) is 8.38. The Labute approximate surface area is 115 Å². The summed E-state index contributed by atoms with van der Waals surface area (Å²) in [7, 11) is 2.18. The van der Waals surface area contributed by atoms with Gasteiger partial charge < -0.3 is 10.6 Å². The molecule has 2 heterocycles. The molecule has 1 atom stereocenters. The Bertz CT molecular complexity index is 462. The minimum absolute atomic E-state index is 0.0747. The van der Waals surface area contributed by atoms with Gasteiger partial charge in [0.15, 0.2) is 0 Å². The van der Waals surface area contributed by atoms with E-state index >= 15 is 0 Å². The van der Waals surface area contributed by atoms with Crippen LogP contribution in [0.4, 0.5) is 0 Å². The van der Waals surface area contributed by atoms with Crippen LogP contribution in [0.15, 0.2) is 6.07 Å². The molecule has 4 heteroatoms. The maximum absolute atomic E-state index is 5.99. The van der Waals surface area contributed by atoms with Crippen molar-refractivity contribution in [2.75, 3.05) is 26.7 Å². The third-order valence-electron chi connectivity index (χ3n) is 4.86. The van der Waals surface area contributed by atoms with Crippen molar-refractivity contribution in [3.63, 3.8) is 0 Å². The fourth-order valence-corrected chi connectivity index (χ4v) is 3.34. The standard InChI is InChI=1S/C15H24N4/c1-11-8-13(12-4-7-19(2)9-12)18-14(17-11)15(10-16)5-3-6-15/h8,12H,3-7,9-10,16H2,1-2H3. The third kappa shape index (κ3) is 2.28. The fraction of sp³-hybridized carbons (Fsp3) is 0.733. The molecule has 0 amide bonds. The molecular weight excluding hydrogens is 236 g/mol. The molecular formula is C15H24N4. The van der Waals surface area contributed by atoms with Crippen LogP contribution in [0, 0.1) is 6.92 Å². The van der Waals surface area contributed by atoms with Gasteiger partial charge in [-0.2, -0.15) is 0 Å². The van der Waals surface area contributed by atoms with E-state index in [9.17, 15) is 0 Å². The topological polar surface area (TPSA) is 55.0 Å². The lowest BCUT2D eigenvalue weighted by atomic mass is 9.68. The summed E-state index contributed by atoms with van der Waals surface area (Å²) in [6, 6.07) is 2.16. The highest BCUT2D eigenvalue weighted by Crippen LogP contribution is 2.41. The van der Waals surface area contributed by atoms with Gasteiger partial charge in [0.05, 0.1) is 0 Å². The second-order valence-electron chi connectivity index (χ2n) is 6.34. The summed E-state index contributed by atoms with van der Waals surface area (Å²) in [5, 5.41) is 0. The molecule has 3 rings (SSSR count). The molecule has 19 heavy (non-hydrogen) atoms. The van der Waals surface area contributed by atoms with Crippen molar-refractivity contribution in [2.24, 2.45) is 5.73 Å². The predicted octanol–water partition coefficient (Wildman–Crippen LogP) is 1.58. The van der Waals surface area contributed by atoms with Crippen LogP contribution in [-0.4, -0.2) is 41.5 Å². The van der Waals surface area contributed by atoms with Crippen molar-refractivity contribution in [1.82, 2.24) is 14.9 Å². The second kappa shape index (κ2) is 4.84. The Balaban J connectivity index is 1.92. The van der Waals surface area contributed by atoms with Crippen molar-refractivity contribution < 1.29 is 0 Å². The van der Waals surface area contributed by atoms with Crippen LogP contribution in [0.5, 0.6) is 0 Å². The molecule has 0 radical (unpaired) electrons. The van der Waals surface area contributed by atoms with E-state index in [-0.39, 0.29) is 5.41 Å². The molecule has 2 aliphatic rings. The average Bonchev–Trinajstić information content (AvgIpc) is 2.75. The minimum atomic E-state index is 0.0747. The molecule has 1 saturated carbocycles. The Hall–Kier alpha value is -1.00. The van der Waals surface area contributed by atoms with Crippen LogP contribution in [-0.2, 0) is 5.41 Å². The molecule has 0 bridgehead atoms. The van der Waals surface area contributed by atoms with Gasteiger partial charge in [-0.1, -0.05) is 6.42 Å². The highest BCUT2D eigenvalue weighted by atomic mass is 15.1. The van der Waals surface area contributed by atoms with Crippen molar-refractivity contribution >= 4 is 0 Å². The molecule has 1 aliphatic carbocycles. The van der Waals surface area contributed by atoms with Gasteiger partial charge in [-0.05, 0) is 45.8 Å². The first-order valence-corrected chi connectivity index (χ1v) is 7.38. The third-order valence-corrected chi connectivity index (χ3v) is 4.86. The maximum Gasteiger partial charge on any atom is 0.136 e. The van der Waals surface area contributed by atoms with Crippen LogP contribution in [0.1, 0.15) is 48.8 Å². The van der Waals surface area contributed by atoms with Crippen LogP contribution < -0.4 is 5.73 Å². The molecule has 1 aromatic heterocycles. The molecule has 0 aromatic carbocycles. The predicted molar refractivity (Wildman–Crippen MR) is 76.2 cm³/mol. The molecule has 1 aromatic rings. The fourth-order valence-electron chi connectivity index (χ4n) is 3.34. The highest BCUT2D eigenvalue weighted by molar-refractivity contribution is 5.22. The largest absolute Gasteiger partial charge is 0.329 e. The minimum Gasteiger partial charge on any atom is -0.329 e. The number of aromatic nitrogens is 2. The molecule has 104 valence electrons. The first-order valence-electron chi connectivity index (χ1n) is 7.38. The van der Waals surface area contributed by atoms with Gasteiger partial charge in [0.2, 0.25) is 0 Å².